The number of carbonyl (C=O) groups excluding carboxylic acids is 1. The number of carboxylic acids is 1. The van der Waals surface area contributed by atoms with Gasteiger partial charge in [0.15, 0.2) is 0 Å². The number of aliphatic hydroxyl groups is 1. The highest BCUT2D eigenvalue weighted by molar-refractivity contribution is 5.94. The first-order valence-electron chi connectivity index (χ1n) is 6.40. The number of benzene rings is 2. The van der Waals surface area contributed by atoms with Crippen molar-refractivity contribution in [2.75, 3.05) is 0 Å². The van der Waals surface area contributed by atoms with E-state index < -0.39 is 5.97 Å². The molecule has 0 fully saturated rings. The van der Waals surface area contributed by atoms with Crippen molar-refractivity contribution in [3.8, 4) is 0 Å². The maximum Gasteiger partial charge on any atom is 0.335 e. The highest BCUT2D eigenvalue weighted by Gasteiger charge is 2.06. The van der Waals surface area contributed by atoms with E-state index in [4.69, 9.17) is 10.2 Å². The molecule has 0 aliphatic heterocycles. The van der Waals surface area contributed by atoms with Crippen molar-refractivity contribution in [3.63, 3.8) is 0 Å². The van der Waals surface area contributed by atoms with Crippen LogP contribution in [0.15, 0.2) is 48.5 Å². The maximum absolute atomic E-state index is 11.9. The van der Waals surface area contributed by atoms with Gasteiger partial charge in [0.05, 0.1) is 12.2 Å². The van der Waals surface area contributed by atoms with Gasteiger partial charge in [-0.05, 0) is 35.4 Å². The zero-order chi connectivity index (χ0) is 15.2. The number of rotatable bonds is 5. The van der Waals surface area contributed by atoms with Crippen molar-refractivity contribution in [2.24, 2.45) is 0 Å². The molecule has 108 valence electrons. The molecule has 5 nitrogen and oxygen atoms in total. The number of carbonyl (C=O) groups is 2. The van der Waals surface area contributed by atoms with Crippen molar-refractivity contribution in [1.29, 1.82) is 0 Å². The lowest BCUT2D eigenvalue weighted by atomic mass is 10.1. The quantitative estimate of drug-likeness (QED) is 0.782. The number of hydrogen-bond donors (Lipinski definition) is 3. The third-order valence-electron chi connectivity index (χ3n) is 3.05. The molecule has 0 aliphatic rings. The zero-order valence-electron chi connectivity index (χ0n) is 11.2. The van der Waals surface area contributed by atoms with Crippen molar-refractivity contribution in [3.05, 3.63) is 70.8 Å². The van der Waals surface area contributed by atoms with Gasteiger partial charge in [-0.25, -0.2) is 4.79 Å². The number of carboxylic acid groups (broad SMARTS) is 1. The van der Waals surface area contributed by atoms with Gasteiger partial charge < -0.3 is 15.5 Å². The summed E-state index contributed by atoms with van der Waals surface area (Å²) in [5.41, 5.74) is 2.29. The minimum absolute atomic E-state index is 0.0577. The van der Waals surface area contributed by atoms with Crippen LogP contribution < -0.4 is 5.32 Å². The molecule has 2 aromatic carbocycles. The van der Waals surface area contributed by atoms with Crippen LogP contribution in [0, 0.1) is 0 Å². The second-order valence-electron chi connectivity index (χ2n) is 4.54. The van der Waals surface area contributed by atoms with Crippen LogP contribution in [0.1, 0.15) is 31.8 Å². The lowest BCUT2D eigenvalue weighted by Gasteiger charge is -2.06. The number of aromatic carboxylic acids is 1. The number of hydrogen-bond acceptors (Lipinski definition) is 3. The fraction of sp³-hybridized carbons (Fsp3) is 0.125. The van der Waals surface area contributed by atoms with Crippen molar-refractivity contribution < 1.29 is 19.8 Å². The molecule has 2 rings (SSSR count). The van der Waals surface area contributed by atoms with Gasteiger partial charge in [0.2, 0.25) is 0 Å². The molecule has 0 unspecified atom stereocenters. The Morgan fingerprint density at radius 1 is 0.857 bits per heavy atom. The summed E-state index contributed by atoms with van der Waals surface area (Å²) >= 11 is 0. The molecular formula is C16H15NO4. The Morgan fingerprint density at radius 3 is 1.90 bits per heavy atom. The van der Waals surface area contributed by atoms with Gasteiger partial charge in [-0.2, -0.15) is 0 Å². The Morgan fingerprint density at radius 2 is 1.38 bits per heavy atom. The van der Waals surface area contributed by atoms with Gasteiger partial charge in [0, 0.05) is 12.1 Å². The Hall–Kier alpha value is -2.66. The van der Waals surface area contributed by atoms with Gasteiger partial charge in [-0.3, -0.25) is 4.79 Å². The van der Waals surface area contributed by atoms with Crippen LogP contribution in [0.3, 0.4) is 0 Å². The van der Waals surface area contributed by atoms with Crippen molar-refractivity contribution in [1.82, 2.24) is 5.32 Å². The largest absolute Gasteiger partial charge is 0.478 e. The lowest BCUT2D eigenvalue weighted by molar-refractivity contribution is 0.0696. The minimum atomic E-state index is -0.977. The molecule has 0 radical (unpaired) electrons. The van der Waals surface area contributed by atoms with Crippen LogP contribution >= 0.6 is 0 Å². The second-order valence-corrected chi connectivity index (χ2v) is 4.54. The minimum Gasteiger partial charge on any atom is -0.478 e. The summed E-state index contributed by atoms with van der Waals surface area (Å²) in [7, 11) is 0. The number of amides is 1. The van der Waals surface area contributed by atoms with E-state index >= 15 is 0 Å². The highest BCUT2D eigenvalue weighted by Crippen LogP contribution is 2.07. The molecule has 0 saturated carbocycles. The van der Waals surface area contributed by atoms with Crippen LogP contribution in [-0.4, -0.2) is 22.1 Å². The fourth-order valence-corrected chi connectivity index (χ4v) is 1.81. The molecule has 0 spiro atoms. The van der Waals surface area contributed by atoms with E-state index in [1.165, 1.54) is 12.1 Å². The summed E-state index contributed by atoms with van der Waals surface area (Å²) in [5, 5.41) is 20.5. The summed E-state index contributed by atoms with van der Waals surface area (Å²) in [6, 6.07) is 13.0. The Kier molecular flexibility index (Phi) is 4.68. The van der Waals surface area contributed by atoms with Crippen LogP contribution in [0.2, 0.25) is 0 Å². The lowest BCUT2D eigenvalue weighted by Crippen LogP contribution is -2.22. The smallest absolute Gasteiger partial charge is 0.335 e. The van der Waals surface area contributed by atoms with Gasteiger partial charge in [-0.15, -0.1) is 0 Å². The zero-order valence-corrected chi connectivity index (χ0v) is 11.2. The Balaban J connectivity index is 1.95. The molecule has 0 aliphatic carbocycles. The van der Waals surface area contributed by atoms with Gasteiger partial charge in [0.1, 0.15) is 0 Å². The fourth-order valence-electron chi connectivity index (χ4n) is 1.81. The topological polar surface area (TPSA) is 86.6 Å². The standard InChI is InChI=1S/C16H15NO4/c18-10-12-3-5-13(6-4-12)15(19)17-9-11-1-7-14(8-2-11)16(20)21/h1-8,18H,9-10H2,(H,17,19)(H,20,21). The van der Waals surface area contributed by atoms with Crippen LogP contribution in [0.25, 0.3) is 0 Å². The second kappa shape index (κ2) is 6.67. The summed E-state index contributed by atoms with van der Waals surface area (Å²) in [5.74, 6) is -1.20. The normalized spacial score (nSPS) is 10.1. The molecule has 3 N–H and O–H groups in total. The van der Waals surface area contributed by atoms with Crippen molar-refractivity contribution >= 4 is 11.9 Å². The molecule has 0 aromatic heterocycles. The first-order chi connectivity index (χ1) is 10.1. The average Bonchev–Trinajstić information content (AvgIpc) is 2.53. The molecule has 0 atom stereocenters. The van der Waals surface area contributed by atoms with E-state index in [1.54, 1.807) is 36.4 Å². The molecule has 21 heavy (non-hydrogen) atoms. The summed E-state index contributed by atoms with van der Waals surface area (Å²) < 4.78 is 0. The summed E-state index contributed by atoms with van der Waals surface area (Å²) in [6.07, 6.45) is 0. The molecule has 5 heteroatoms. The highest BCUT2D eigenvalue weighted by atomic mass is 16.4. The molecule has 0 bridgehead atoms. The number of aliphatic hydroxyl groups excluding tert-OH is 1. The van der Waals surface area contributed by atoms with E-state index in [0.29, 0.717) is 12.1 Å². The molecular weight excluding hydrogens is 270 g/mol. The van der Waals surface area contributed by atoms with Gasteiger partial charge >= 0.3 is 5.97 Å². The first-order valence-corrected chi connectivity index (χ1v) is 6.40. The van der Waals surface area contributed by atoms with E-state index in [9.17, 15) is 9.59 Å². The van der Waals surface area contributed by atoms with E-state index in [2.05, 4.69) is 5.32 Å². The van der Waals surface area contributed by atoms with Gasteiger partial charge in [-0.1, -0.05) is 24.3 Å². The molecule has 0 saturated heterocycles. The van der Waals surface area contributed by atoms with Crippen LogP contribution in [-0.2, 0) is 13.2 Å². The van der Waals surface area contributed by atoms with Crippen molar-refractivity contribution in [2.45, 2.75) is 13.2 Å². The van der Waals surface area contributed by atoms with Crippen LogP contribution in [0.5, 0.6) is 0 Å². The SMILES string of the molecule is O=C(O)c1ccc(CNC(=O)c2ccc(CO)cc2)cc1. The third-order valence-corrected chi connectivity index (χ3v) is 3.05. The number of nitrogens with one attached hydrogen (secondary N) is 1. The van der Waals surface area contributed by atoms with E-state index in [1.807, 2.05) is 0 Å². The third kappa shape index (κ3) is 3.90. The summed E-state index contributed by atoms with van der Waals surface area (Å²) in [6.45, 7) is 0.262. The van der Waals surface area contributed by atoms with Crippen LogP contribution in [0.4, 0.5) is 0 Å². The average molecular weight is 285 g/mol. The predicted molar refractivity (Wildman–Crippen MR) is 76.9 cm³/mol. The summed E-state index contributed by atoms with van der Waals surface area (Å²) in [4.78, 5) is 22.7. The Labute approximate surface area is 121 Å². The Bertz CT molecular complexity index is 632. The van der Waals surface area contributed by atoms with Gasteiger partial charge in [0.25, 0.3) is 5.91 Å². The first kappa shape index (κ1) is 14.7. The van der Waals surface area contributed by atoms with E-state index in [0.717, 1.165) is 11.1 Å². The predicted octanol–water partition coefficient (Wildman–Crippen LogP) is 1.81. The monoisotopic (exact) mass is 285 g/mol. The molecule has 2 aromatic rings. The van der Waals surface area contributed by atoms with E-state index in [-0.39, 0.29) is 18.1 Å². The molecule has 1 amide bonds. The molecule has 0 heterocycles. The maximum atomic E-state index is 11.9.